The van der Waals surface area contributed by atoms with Crippen molar-refractivity contribution in [2.24, 2.45) is 5.92 Å². The van der Waals surface area contributed by atoms with Gasteiger partial charge in [0.25, 0.3) is 5.91 Å². The zero-order chi connectivity index (χ0) is 18.2. The van der Waals surface area contributed by atoms with Crippen LogP contribution in [0.3, 0.4) is 0 Å². The van der Waals surface area contributed by atoms with Gasteiger partial charge in [-0.1, -0.05) is 26.0 Å². The van der Waals surface area contributed by atoms with Gasteiger partial charge in [0, 0.05) is 12.7 Å². The molecule has 7 heteroatoms. The molecule has 0 bridgehead atoms. The van der Waals surface area contributed by atoms with Crippen LogP contribution in [0.5, 0.6) is 0 Å². The fraction of sp³-hybridized carbons (Fsp3) is 0.278. The number of carbonyl (C=O) groups excluding carboxylic acids is 2. The summed E-state index contributed by atoms with van der Waals surface area (Å²) in [5, 5.41) is 5.42. The van der Waals surface area contributed by atoms with E-state index in [1.807, 2.05) is 13.8 Å². The summed E-state index contributed by atoms with van der Waals surface area (Å²) >= 11 is 0. The van der Waals surface area contributed by atoms with Crippen LogP contribution < -0.4 is 10.6 Å². The maximum Gasteiger partial charge on any atom is 0.342 e. The smallest absolute Gasteiger partial charge is 0.342 e. The van der Waals surface area contributed by atoms with Crippen LogP contribution in [0.4, 0.5) is 15.9 Å². The number of hydrogen-bond acceptors (Lipinski definition) is 5. The summed E-state index contributed by atoms with van der Waals surface area (Å²) in [5.41, 5.74) is 0.298. The summed E-state index contributed by atoms with van der Waals surface area (Å²) in [4.78, 5) is 27.9. The Kier molecular flexibility index (Phi) is 6.45. The average molecular weight is 345 g/mol. The number of para-hydroxylation sites is 1. The van der Waals surface area contributed by atoms with E-state index >= 15 is 0 Å². The average Bonchev–Trinajstić information content (AvgIpc) is 2.60. The summed E-state index contributed by atoms with van der Waals surface area (Å²) in [6.45, 7) is 4.04. The first-order valence-corrected chi connectivity index (χ1v) is 7.87. The number of halogens is 1. The monoisotopic (exact) mass is 345 g/mol. The summed E-state index contributed by atoms with van der Waals surface area (Å²) in [7, 11) is 0. The van der Waals surface area contributed by atoms with Crippen LogP contribution in [-0.4, -0.2) is 30.0 Å². The fourth-order valence-electron chi connectivity index (χ4n) is 1.94. The zero-order valence-corrected chi connectivity index (χ0v) is 14.1. The third kappa shape index (κ3) is 5.56. The lowest BCUT2D eigenvalue weighted by atomic mass is 10.2. The van der Waals surface area contributed by atoms with Crippen molar-refractivity contribution in [2.45, 2.75) is 13.8 Å². The number of benzene rings is 1. The minimum absolute atomic E-state index is 0.113. The molecule has 1 aromatic carbocycles. The van der Waals surface area contributed by atoms with Crippen LogP contribution in [0.15, 0.2) is 42.6 Å². The largest absolute Gasteiger partial charge is 0.452 e. The Hall–Kier alpha value is -2.96. The zero-order valence-electron chi connectivity index (χ0n) is 14.1. The van der Waals surface area contributed by atoms with Crippen molar-refractivity contribution < 1.29 is 18.7 Å². The van der Waals surface area contributed by atoms with Gasteiger partial charge in [0.2, 0.25) is 0 Å². The topological polar surface area (TPSA) is 80.3 Å². The standard InChI is InChI=1S/C18H20FN3O3/c1-12(2)10-21-16(23)11-25-18(24)13-6-5-9-20-17(13)22-15-8-4-3-7-14(15)19/h3-9,12H,10-11H2,1-2H3,(H,20,22)(H,21,23). The van der Waals surface area contributed by atoms with Gasteiger partial charge in [-0.15, -0.1) is 0 Å². The highest BCUT2D eigenvalue weighted by atomic mass is 19.1. The molecule has 132 valence electrons. The van der Waals surface area contributed by atoms with E-state index in [2.05, 4.69) is 15.6 Å². The highest BCUT2D eigenvalue weighted by molar-refractivity contribution is 5.96. The number of hydrogen-bond donors (Lipinski definition) is 2. The fourth-order valence-corrected chi connectivity index (χ4v) is 1.94. The maximum atomic E-state index is 13.8. The molecule has 0 atom stereocenters. The second kappa shape index (κ2) is 8.77. The molecule has 6 nitrogen and oxygen atoms in total. The van der Waals surface area contributed by atoms with E-state index < -0.39 is 11.8 Å². The first-order valence-electron chi connectivity index (χ1n) is 7.87. The van der Waals surface area contributed by atoms with E-state index in [1.165, 1.54) is 24.4 Å². The van der Waals surface area contributed by atoms with Crippen LogP contribution in [0.25, 0.3) is 0 Å². The van der Waals surface area contributed by atoms with E-state index in [4.69, 9.17) is 4.74 Å². The van der Waals surface area contributed by atoms with E-state index in [0.717, 1.165) is 0 Å². The molecule has 0 saturated heterocycles. The number of amides is 1. The molecular formula is C18H20FN3O3. The molecule has 0 radical (unpaired) electrons. The number of aromatic nitrogens is 1. The Morgan fingerprint density at radius 2 is 1.96 bits per heavy atom. The summed E-state index contributed by atoms with van der Waals surface area (Å²) in [6.07, 6.45) is 1.47. The van der Waals surface area contributed by atoms with Gasteiger partial charge in [0.15, 0.2) is 6.61 Å². The molecule has 1 heterocycles. The highest BCUT2D eigenvalue weighted by Gasteiger charge is 2.16. The van der Waals surface area contributed by atoms with Crippen molar-refractivity contribution in [3.63, 3.8) is 0 Å². The van der Waals surface area contributed by atoms with Gasteiger partial charge in [-0.25, -0.2) is 14.2 Å². The Morgan fingerprint density at radius 1 is 1.20 bits per heavy atom. The highest BCUT2D eigenvalue weighted by Crippen LogP contribution is 2.21. The number of nitrogens with one attached hydrogen (secondary N) is 2. The summed E-state index contributed by atoms with van der Waals surface area (Å²) < 4.78 is 18.8. The molecule has 0 spiro atoms. The van der Waals surface area contributed by atoms with Gasteiger partial charge in [-0.05, 0) is 30.2 Å². The first kappa shape index (κ1) is 18.4. The molecule has 2 N–H and O–H groups in total. The van der Waals surface area contributed by atoms with Crippen LogP contribution in [-0.2, 0) is 9.53 Å². The molecule has 2 rings (SSSR count). The molecule has 0 saturated carbocycles. The number of carbonyl (C=O) groups is 2. The van der Waals surface area contributed by atoms with Crippen molar-refractivity contribution >= 4 is 23.4 Å². The summed E-state index contributed by atoms with van der Waals surface area (Å²) in [6, 6.07) is 9.09. The number of nitrogens with zero attached hydrogens (tertiary/aromatic N) is 1. The second-order valence-electron chi connectivity index (χ2n) is 5.78. The minimum Gasteiger partial charge on any atom is -0.452 e. The first-order chi connectivity index (χ1) is 12.0. The second-order valence-corrected chi connectivity index (χ2v) is 5.78. The Morgan fingerprint density at radius 3 is 2.68 bits per heavy atom. The molecule has 25 heavy (non-hydrogen) atoms. The van der Waals surface area contributed by atoms with Crippen LogP contribution >= 0.6 is 0 Å². The molecule has 0 unspecified atom stereocenters. The number of anilines is 2. The lowest BCUT2D eigenvalue weighted by Crippen LogP contribution is -2.31. The SMILES string of the molecule is CC(C)CNC(=O)COC(=O)c1cccnc1Nc1ccccc1F. The van der Waals surface area contributed by atoms with Crippen LogP contribution in [0.2, 0.25) is 0 Å². The lowest BCUT2D eigenvalue weighted by molar-refractivity contribution is -0.124. The molecule has 0 aliphatic heterocycles. The Bertz CT molecular complexity index is 750. The number of esters is 1. The van der Waals surface area contributed by atoms with E-state index in [-0.39, 0.29) is 29.6 Å². The molecule has 2 aromatic rings. The Labute approximate surface area is 145 Å². The number of pyridine rings is 1. The van der Waals surface area contributed by atoms with Gasteiger partial charge < -0.3 is 15.4 Å². The van der Waals surface area contributed by atoms with Gasteiger partial charge in [0.1, 0.15) is 17.2 Å². The van der Waals surface area contributed by atoms with Crippen molar-refractivity contribution in [3.8, 4) is 0 Å². The van der Waals surface area contributed by atoms with Gasteiger partial charge >= 0.3 is 5.97 Å². The molecule has 1 amide bonds. The van der Waals surface area contributed by atoms with Crippen molar-refractivity contribution in [2.75, 3.05) is 18.5 Å². The van der Waals surface area contributed by atoms with E-state index in [9.17, 15) is 14.0 Å². The van der Waals surface area contributed by atoms with Gasteiger partial charge in [0.05, 0.1) is 5.69 Å². The van der Waals surface area contributed by atoms with Crippen LogP contribution in [0.1, 0.15) is 24.2 Å². The molecular weight excluding hydrogens is 325 g/mol. The molecule has 0 fully saturated rings. The predicted molar refractivity (Wildman–Crippen MR) is 92.0 cm³/mol. The van der Waals surface area contributed by atoms with Gasteiger partial charge in [-0.2, -0.15) is 0 Å². The van der Waals surface area contributed by atoms with Crippen LogP contribution in [0, 0.1) is 11.7 Å². The predicted octanol–water partition coefficient (Wildman–Crippen LogP) is 2.89. The third-order valence-corrected chi connectivity index (χ3v) is 3.20. The maximum absolute atomic E-state index is 13.8. The van der Waals surface area contributed by atoms with Gasteiger partial charge in [-0.3, -0.25) is 4.79 Å². The minimum atomic E-state index is -0.716. The van der Waals surface area contributed by atoms with Crippen molar-refractivity contribution in [3.05, 3.63) is 54.0 Å². The summed E-state index contributed by atoms with van der Waals surface area (Å²) in [5.74, 6) is -1.11. The lowest BCUT2D eigenvalue weighted by Gasteiger charge is -2.11. The molecule has 0 aliphatic carbocycles. The van der Waals surface area contributed by atoms with E-state index in [0.29, 0.717) is 12.5 Å². The number of ether oxygens (including phenoxy) is 1. The molecule has 0 aliphatic rings. The third-order valence-electron chi connectivity index (χ3n) is 3.20. The Balaban J connectivity index is 2.03. The van der Waals surface area contributed by atoms with E-state index in [1.54, 1.807) is 18.2 Å². The number of rotatable bonds is 7. The van der Waals surface area contributed by atoms with Crippen molar-refractivity contribution in [1.29, 1.82) is 0 Å². The van der Waals surface area contributed by atoms with Crippen molar-refractivity contribution in [1.82, 2.24) is 10.3 Å². The normalized spacial score (nSPS) is 10.4. The quantitative estimate of drug-likeness (QED) is 0.754. The molecule has 1 aromatic heterocycles.